The van der Waals surface area contributed by atoms with Crippen molar-refractivity contribution in [2.24, 2.45) is 0 Å². The van der Waals surface area contributed by atoms with Gasteiger partial charge in [0.1, 0.15) is 6.61 Å². The fourth-order valence-electron chi connectivity index (χ4n) is 0.702. The summed E-state index contributed by atoms with van der Waals surface area (Å²) in [5, 5.41) is 6.75. The van der Waals surface area contributed by atoms with Gasteiger partial charge in [-0.3, -0.25) is 4.79 Å². The summed E-state index contributed by atoms with van der Waals surface area (Å²) < 4.78 is 63.1. The summed E-state index contributed by atoms with van der Waals surface area (Å²) in [6, 6.07) is 0. The minimum absolute atomic E-state index is 0.421. The molecule has 1 unspecified atom stereocenters. The highest BCUT2D eigenvalue weighted by Gasteiger charge is 2.28. The summed E-state index contributed by atoms with van der Waals surface area (Å²) in [7, 11) is -4.09. The maximum atomic E-state index is 11.6. The molecule has 0 rings (SSSR count). The van der Waals surface area contributed by atoms with Crippen LogP contribution in [0.3, 0.4) is 0 Å². The van der Waals surface area contributed by atoms with Gasteiger partial charge < -0.3 is 9.84 Å². The molecule has 0 fully saturated rings. The normalized spacial score (nSPS) is 14.6. The fraction of sp³-hybridized carbons (Fsp3) is 0.857. The third kappa shape index (κ3) is 7.13. The summed E-state index contributed by atoms with van der Waals surface area (Å²) in [5.41, 5.74) is 0. The first kappa shape index (κ1) is 16.1. The molecule has 0 aromatic carbocycles. The van der Waals surface area contributed by atoms with Gasteiger partial charge in [-0.15, -0.1) is 0 Å². The Bertz CT molecular complexity index is 353. The topological polar surface area (TPSA) is 92.7 Å². The Morgan fingerprint density at radius 1 is 1.47 bits per heavy atom. The molecule has 0 saturated heterocycles. The zero-order valence-corrected chi connectivity index (χ0v) is 9.64. The number of ether oxygens (including phenoxy) is 1. The van der Waals surface area contributed by atoms with Gasteiger partial charge in [0.2, 0.25) is 10.0 Å². The highest BCUT2D eigenvalue weighted by atomic mass is 32.2. The molecule has 2 N–H and O–H groups in total. The monoisotopic (exact) mass is 279 g/mol. The largest absolute Gasteiger partial charge is 0.480 e. The molecule has 0 amide bonds. The lowest BCUT2D eigenvalue weighted by Crippen LogP contribution is -2.39. The van der Waals surface area contributed by atoms with Crippen LogP contribution in [0.2, 0.25) is 0 Å². The van der Waals surface area contributed by atoms with Gasteiger partial charge in [-0.1, -0.05) is 0 Å². The van der Waals surface area contributed by atoms with Crippen molar-refractivity contribution < 1.29 is 36.2 Å². The van der Waals surface area contributed by atoms with Crippen molar-refractivity contribution in [3.8, 4) is 0 Å². The van der Waals surface area contributed by atoms with Crippen LogP contribution in [0, 0.1) is 0 Å². The van der Waals surface area contributed by atoms with Gasteiger partial charge in [-0.25, -0.2) is 13.1 Å². The van der Waals surface area contributed by atoms with Gasteiger partial charge in [0, 0.05) is 6.54 Å². The van der Waals surface area contributed by atoms with Crippen molar-refractivity contribution in [3.05, 3.63) is 0 Å². The molecular weight excluding hydrogens is 267 g/mol. The quantitative estimate of drug-likeness (QED) is 0.638. The SMILES string of the molecule is CC(C(=O)O)S(=O)(=O)NCCOCC(F)(F)F. The van der Waals surface area contributed by atoms with E-state index in [9.17, 15) is 26.4 Å². The Hall–Kier alpha value is -0.870. The number of hydrogen-bond donors (Lipinski definition) is 2. The van der Waals surface area contributed by atoms with Gasteiger partial charge in [0.05, 0.1) is 6.61 Å². The van der Waals surface area contributed by atoms with Crippen LogP contribution in [0.25, 0.3) is 0 Å². The zero-order valence-electron chi connectivity index (χ0n) is 8.82. The number of alkyl halides is 3. The maximum absolute atomic E-state index is 11.6. The van der Waals surface area contributed by atoms with E-state index < -0.39 is 47.2 Å². The van der Waals surface area contributed by atoms with Crippen LogP contribution >= 0.6 is 0 Å². The van der Waals surface area contributed by atoms with Gasteiger partial charge >= 0.3 is 12.1 Å². The lowest BCUT2D eigenvalue weighted by molar-refractivity contribution is -0.173. The Morgan fingerprint density at radius 3 is 2.41 bits per heavy atom. The molecular formula is C7H12F3NO5S. The van der Waals surface area contributed by atoms with Crippen LogP contribution in [-0.2, 0) is 19.6 Å². The minimum Gasteiger partial charge on any atom is -0.480 e. The third-order valence-corrected chi connectivity index (χ3v) is 3.37. The number of hydrogen-bond acceptors (Lipinski definition) is 4. The van der Waals surface area contributed by atoms with Crippen molar-refractivity contribution in [1.82, 2.24) is 4.72 Å². The highest BCUT2D eigenvalue weighted by molar-refractivity contribution is 7.90. The van der Waals surface area contributed by atoms with E-state index in [1.807, 2.05) is 4.72 Å². The van der Waals surface area contributed by atoms with E-state index in [1.165, 1.54) is 0 Å². The van der Waals surface area contributed by atoms with E-state index in [0.717, 1.165) is 6.92 Å². The molecule has 17 heavy (non-hydrogen) atoms. The molecule has 0 aliphatic carbocycles. The van der Waals surface area contributed by atoms with Crippen molar-refractivity contribution in [2.45, 2.75) is 18.3 Å². The first-order valence-corrected chi connectivity index (χ1v) is 5.96. The number of nitrogens with one attached hydrogen (secondary N) is 1. The zero-order chi connectivity index (χ0) is 13.7. The van der Waals surface area contributed by atoms with Crippen LogP contribution in [0.5, 0.6) is 0 Å². The molecule has 0 aliphatic rings. The van der Waals surface area contributed by atoms with Gasteiger partial charge in [-0.05, 0) is 6.92 Å². The van der Waals surface area contributed by atoms with Crippen molar-refractivity contribution in [1.29, 1.82) is 0 Å². The number of aliphatic carboxylic acids is 1. The first-order valence-electron chi connectivity index (χ1n) is 4.42. The second kappa shape index (κ2) is 6.17. The molecule has 0 aromatic heterocycles. The molecule has 1 atom stereocenters. The first-order chi connectivity index (χ1) is 7.56. The van der Waals surface area contributed by atoms with Crippen molar-refractivity contribution >= 4 is 16.0 Å². The van der Waals surface area contributed by atoms with Crippen LogP contribution in [0.4, 0.5) is 13.2 Å². The molecule has 102 valence electrons. The van der Waals surface area contributed by atoms with Gasteiger partial charge in [0.15, 0.2) is 5.25 Å². The molecule has 0 aromatic rings. The number of carboxylic acid groups (broad SMARTS) is 1. The Balaban J connectivity index is 3.94. The Kier molecular flexibility index (Phi) is 5.85. The second-order valence-corrected chi connectivity index (χ2v) is 5.17. The number of carboxylic acids is 1. The number of sulfonamides is 1. The Morgan fingerprint density at radius 2 is 2.00 bits per heavy atom. The predicted octanol–water partition coefficient (Wildman–Crippen LogP) is -0.0422. The molecule has 0 radical (unpaired) electrons. The van der Waals surface area contributed by atoms with Crippen LogP contribution < -0.4 is 4.72 Å². The lowest BCUT2D eigenvalue weighted by atomic mass is 10.5. The number of halogens is 3. The van der Waals surface area contributed by atoms with Gasteiger partial charge in [0.25, 0.3) is 0 Å². The third-order valence-electron chi connectivity index (χ3n) is 1.63. The van der Waals surface area contributed by atoms with Gasteiger partial charge in [-0.2, -0.15) is 13.2 Å². The molecule has 10 heteroatoms. The highest BCUT2D eigenvalue weighted by Crippen LogP contribution is 2.13. The van der Waals surface area contributed by atoms with Crippen LogP contribution in [0.15, 0.2) is 0 Å². The average molecular weight is 279 g/mol. The van der Waals surface area contributed by atoms with Crippen LogP contribution in [0.1, 0.15) is 6.92 Å². The van der Waals surface area contributed by atoms with Crippen molar-refractivity contribution in [2.75, 3.05) is 19.8 Å². The smallest absolute Gasteiger partial charge is 0.411 e. The minimum atomic E-state index is -4.48. The predicted molar refractivity (Wildman–Crippen MR) is 50.9 cm³/mol. The molecule has 0 saturated carbocycles. The molecule has 0 heterocycles. The van der Waals surface area contributed by atoms with E-state index in [0.29, 0.717) is 0 Å². The standard InChI is InChI=1S/C7H12F3NO5S/c1-5(6(12)13)17(14,15)11-2-3-16-4-7(8,9)10/h5,11H,2-4H2,1H3,(H,12,13). The Labute approximate surface area is 95.8 Å². The van der Waals surface area contributed by atoms with E-state index >= 15 is 0 Å². The summed E-state index contributed by atoms with van der Waals surface area (Å²) >= 11 is 0. The second-order valence-electron chi connectivity index (χ2n) is 3.09. The molecule has 0 bridgehead atoms. The van der Waals surface area contributed by atoms with E-state index in [1.54, 1.807) is 0 Å². The lowest BCUT2D eigenvalue weighted by Gasteiger charge is -2.11. The van der Waals surface area contributed by atoms with Crippen molar-refractivity contribution in [3.63, 3.8) is 0 Å². The van der Waals surface area contributed by atoms with E-state index in [-0.39, 0.29) is 0 Å². The van der Waals surface area contributed by atoms with E-state index in [2.05, 4.69) is 4.74 Å². The van der Waals surface area contributed by atoms with E-state index in [4.69, 9.17) is 5.11 Å². The van der Waals surface area contributed by atoms with Crippen LogP contribution in [-0.4, -0.2) is 50.7 Å². The number of rotatable bonds is 7. The maximum Gasteiger partial charge on any atom is 0.411 e. The molecule has 0 aliphatic heterocycles. The summed E-state index contributed by atoms with van der Waals surface area (Å²) in [6.07, 6.45) is -4.48. The molecule has 6 nitrogen and oxygen atoms in total. The number of carbonyl (C=O) groups is 1. The fourth-order valence-corrected chi connectivity index (χ4v) is 1.59. The molecule has 0 spiro atoms. The average Bonchev–Trinajstić information content (AvgIpc) is 2.13. The summed E-state index contributed by atoms with van der Waals surface area (Å²) in [4.78, 5) is 10.4. The summed E-state index contributed by atoms with van der Waals surface area (Å²) in [5.74, 6) is -1.55. The summed E-state index contributed by atoms with van der Waals surface area (Å²) in [6.45, 7) is -1.45.